The fraction of sp³-hybridized carbons (Fsp3) is 0.304. The van der Waals surface area contributed by atoms with Gasteiger partial charge in [-0.25, -0.2) is 4.98 Å². The highest BCUT2D eigenvalue weighted by molar-refractivity contribution is 7.80. The second kappa shape index (κ2) is 9.91. The first-order valence-corrected chi connectivity index (χ1v) is 11.6. The minimum atomic E-state index is -4.45. The van der Waals surface area contributed by atoms with E-state index in [0.717, 1.165) is 30.3 Å². The molecule has 0 radical (unpaired) electrons. The first kappa shape index (κ1) is 23.9. The van der Waals surface area contributed by atoms with Crippen molar-refractivity contribution in [3.8, 4) is 0 Å². The number of anilines is 1. The van der Waals surface area contributed by atoms with E-state index in [1.165, 1.54) is 12.1 Å². The predicted molar refractivity (Wildman–Crippen MR) is 129 cm³/mol. The van der Waals surface area contributed by atoms with E-state index in [4.69, 9.17) is 35.4 Å². The van der Waals surface area contributed by atoms with Crippen LogP contribution in [0.1, 0.15) is 35.7 Å². The van der Waals surface area contributed by atoms with Crippen LogP contribution in [0.3, 0.4) is 0 Å². The molecule has 1 saturated heterocycles. The van der Waals surface area contributed by atoms with Gasteiger partial charge in [0.15, 0.2) is 5.11 Å². The molecule has 1 N–H and O–H groups in total. The van der Waals surface area contributed by atoms with Gasteiger partial charge in [-0.1, -0.05) is 35.3 Å². The summed E-state index contributed by atoms with van der Waals surface area (Å²) in [6, 6.07) is 10.7. The molecule has 0 bridgehead atoms. The predicted octanol–water partition coefficient (Wildman–Crippen LogP) is 6.83. The Balaban J connectivity index is 1.40. The van der Waals surface area contributed by atoms with Gasteiger partial charge >= 0.3 is 6.18 Å². The monoisotopic (exact) mass is 512 g/mol. The van der Waals surface area contributed by atoms with Gasteiger partial charge in [-0.15, -0.1) is 0 Å². The van der Waals surface area contributed by atoms with Crippen LogP contribution < -0.4 is 5.32 Å². The van der Waals surface area contributed by atoms with Crippen molar-refractivity contribution >= 4 is 46.2 Å². The summed E-state index contributed by atoms with van der Waals surface area (Å²) in [7, 11) is 0. The van der Waals surface area contributed by atoms with Crippen LogP contribution in [0.5, 0.6) is 0 Å². The molecule has 0 saturated carbocycles. The number of halogens is 5. The van der Waals surface area contributed by atoms with Crippen molar-refractivity contribution in [1.29, 1.82) is 0 Å². The normalized spacial score (nSPS) is 15.0. The van der Waals surface area contributed by atoms with Gasteiger partial charge in [-0.2, -0.15) is 13.2 Å². The molecular weight excluding hydrogens is 492 g/mol. The Morgan fingerprint density at radius 1 is 1.12 bits per heavy atom. The van der Waals surface area contributed by atoms with Gasteiger partial charge in [-0.3, -0.25) is 0 Å². The Morgan fingerprint density at radius 2 is 1.85 bits per heavy atom. The molecule has 4 nitrogen and oxygen atoms in total. The molecule has 33 heavy (non-hydrogen) atoms. The summed E-state index contributed by atoms with van der Waals surface area (Å²) in [4.78, 5) is 6.46. The lowest BCUT2D eigenvalue weighted by atomic mass is 9.96. The summed E-state index contributed by atoms with van der Waals surface area (Å²) >= 11 is 17.9. The zero-order valence-corrected chi connectivity index (χ0v) is 19.8. The van der Waals surface area contributed by atoms with Crippen molar-refractivity contribution in [3.05, 3.63) is 81.9 Å². The number of thiocarbonyl (C=S) groups is 1. The lowest BCUT2D eigenvalue weighted by Gasteiger charge is -2.34. The lowest BCUT2D eigenvalue weighted by Crippen LogP contribution is -2.41. The van der Waals surface area contributed by atoms with E-state index in [2.05, 4.69) is 14.9 Å². The second-order valence-electron chi connectivity index (χ2n) is 7.88. The van der Waals surface area contributed by atoms with Crippen LogP contribution in [0.4, 0.5) is 18.9 Å². The molecule has 1 fully saturated rings. The van der Waals surface area contributed by atoms with Gasteiger partial charge in [0.2, 0.25) is 0 Å². The summed E-state index contributed by atoms with van der Waals surface area (Å²) in [5.41, 5.74) is 0.143. The number of hydrogen-bond acceptors (Lipinski definition) is 2. The number of benzene rings is 2. The van der Waals surface area contributed by atoms with Crippen molar-refractivity contribution in [2.75, 3.05) is 18.4 Å². The number of rotatable bonds is 4. The number of hydrogen-bond donors (Lipinski definition) is 1. The number of imidazole rings is 1. The Labute approximate surface area is 205 Å². The van der Waals surface area contributed by atoms with Gasteiger partial charge in [0.25, 0.3) is 0 Å². The van der Waals surface area contributed by atoms with Crippen LogP contribution in [-0.2, 0) is 12.7 Å². The van der Waals surface area contributed by atoms with Gasteiger partial charge in [-0.05, 0) is 61.0 Å². The smallest absolute Gasteiger partial charge is 0.349 e. The second-order valence-corrected chi connectivity index (χ2v) is 9.11. The number of likely N-dealkylation sites (tertiary alicyclic amines) is 1. The molecule has 1 aliphatic heterocycles. The molecule has 3 aromatic rings. The Kier molecular flexibility index (Phi) is 7.16. The molecule has 2 heterocycles. The minimum absolute atomic E-state index is 0.0360. The van der Waals surface area contributed by atoms with Crippen molar-refractivity contribution in [1.82, 2.24) is 14.5 Å². The third-order valence-electron chi connectivity index (χ3n) is 5.72. The van der Waals surface area contributed by atoms with E-state index in [0.29, 0.717) is 34.8 Å². The molecule has 4 rings (SSSR count). The van der Waals surface area contributed by atoms with E-state index in [-0.39, 0.29) is 11.6 Å². The highest BCUT2D eigenvalue weighted by atomic mass is 35.5. The maximum atomic E-state index is 13.3. The van der Waals surface area contributed by atoms with Crippen LogP contribution in [0.2, 0.25) is 10.0 Å². The highest BCUT2D eigenvalue weighted by Gasteiger charge is 2.34. The molecule has 0 amide bonds. The first-order valence-electron chi connectivity index (χ1n) is 10.4. The summed E-state index contributed by atoms with van der Waals surface area (Å²) in [5.74, 6) is 1.16. The molecule has 0 unspecified atom stereocenters. The summed E-state index contributed by atoms with van der Waals surface area (Å²) in [5, 5.41) is 4.34. The molecule has 1 aliphatic rings. The average molecular weight is 513 g/mol. The van der Waals surface area contributed by atoms with Crippen LogP contribution in [0.25, 0.3) is 0 Å². The molecule has 174 valence electrons. The van der Waals surface area contributed by atoms with E-state index in [1.54, 1.807) is 24.4 Å². The number of nitrogens with zero attached hydrogens (tertiary/aromatic N) is 3. The zero-order valence-electron chi connectivity index (χ0n) is 17.4. The molecule has 0 atom stereocenters. The first-order chi connectivity index (χ1) is 15.7. The van der Waals surface area contributed by atoms with Crippen molar-refractivity contribution in [2.24, 2.45) is 0 Å². The third kappa shape index (κ3) is 5.62. The molecule has 0 aliphatic carbocycles. The van der Waals surface area contributed by atoms with Crippen LogP contribution in [0, 0.1) is 0 Å². The van der Waals surface area contributed by atoms with Crippen molar-refractivity contribution in [2.45, 2.75) is 31.5 Å². The SMILES string of the molecule is FC(F)(F)c1ccccc1NC(=S)N1CCC(c2nccn2Cc2cc(Cl)ccc2Cl)CC1. The fourth-order valence-corrected chi connectivity index (χ4v) is 4.70. The number of aromatic nitrogens is 2. The number of alkyl halides is 3. The largest absolute Gasteiger partial charge is 0.418 e. The fourth-order valence-electron chi connectivity index (χ4n) is 4.04. The van der Waals surface area contributed by atoms with E-state index in [1.807, 2.05) is 17.2 Å². The zero-order chi connectivity index (χ0) is 23.6. The van der Waals surface area contributed by atoms with Gasteiger partial charge in [0.1, 0.15) is 5.82 Å². The van der Waals surface area contributed by atoms with Crippen LogP contribution >= 0.6 is 35.4 Å². The minimum Gasteiger partial charge on any atom is -0.349 e. The van der Waals surface area contributed by atoms with Gasteiger partial charge < -0.3 is 14.8 Å². The average Bonchev–Trinajstić information content (AvgIpc) is 3.24. The van der Waals surface area contributed by atoms with E-state index >= 15 is 0 Å². The quantitative estimate of drug-likeness (QED) is 0.388. The third-order valence-corrected chi connectivity index (χ3v) is 6.68. The maximum Gasteiger partial charge on any atom is 0.418 e. The van der Waals surface area contributed by atoms with E-state index < -0.39 is 11.7 Å². The molecule has 2 aromatic carbocycles. The standard InChI is InChI=1S/C23H21Cl2F3N4S/c24-17-5-6-19(25)16(13-17)14-32-12-9-29-21(32)15-7-10-31(11-8-15)22(33)30-20-4-2-1-3-18(20)23(26,27)28/h1-6,9,12-13,15H,7-8,10-11,14H2,(H,30,33). The molecule has 1 aromatic heterocycles. The highest BCUT2D eigenvalue weighted by Crippen LogP contribution is 2.35. The van der Waals surface area contributed by atoms with E-state index in [9.17, 15) is 13.2 Å². The van der Waals surface area contributed by atoms with Crippen LogP contribution in [0.15, 0.2) is 54.9 Å². The topological polar surface area (TPSA) is 33.1 Å². The summed E-state index contributed by atoms with van der Waals surface area (Å²) < 4.78 is 41.9. The van der Waals surface area contributed by atoms with Gasteiger partial charge in [0.05, 0.1) is 17.8 Å². The number of para-hydroxylation sites is 1. The Hall–Kier alpha value is -2.29. The number of piperidine rings is 1. The van der Waals surface area contributed by atoms with Crippen molar-refractivity contribution < 1.29 is 13.2 Å². The van der Waals surface area contributed by atoms with Crippen molar-refractivity contribution in [3.63, 3.8) is 0 Å². The summed E-state index contributed by atoms with van der Waals surface area (Å²) in [6.07, 6.45) is 0.792. The lowest BCUT2D eigenvalue weighted by molar-refractivity contribution is -0.136. The molecular formula is C23H21Cl2F3N4S. The molecule has 0 spiro atoms. The number of nitrogens with one attached hydrogen (secondary N) is 1. The Bertz CT molecular complexity index is 1140. The van der Waals surface area contributed by atoms with Gasteiger partial charge in [0, 0.05) is 41.4 Å². The van der Waals surface area contributed by atoms with Crippen LogP contribution in [-0.4, -0.2) is 32.7 Å². The summed E-state index contributed by atoms with van der Waals surface area (Å²) in [6.45, 7) is 1.80. The Morgan fingerprint density at radius 3 is 2.58 bits per heavy atom. The molecule has 10 heteroatoms. The maximum absolute atomic E-state index is 13.3.